The first-order valence-corrected chi connectivity index (χ1v) is 8.51. The Morgan fingerprint density at radius 2 is 1.96 bits per heavy atom. The predicted molar refractivity (Wildman–Crippen MR) is 98.1 cm³/mol. The van der Waals surface area contributed by atoms with Crippen molar-refractivity contribution < 1.29 is 9.32 Å². The van der Waals surface area contributed by atoms with Crippen LogP contribution in [0.4, 0.5) is 0 Å². The molecule has 4 rings (SSSR count). The van der Waals surface area contributed by atoms with Crippen molar-refractivity contribution in [3.63, 3.8) is 0 Å². The fraction of sp³-hybridized carbons (Fsp3) is 0.211. The van der Waals surface area contributed by atoms with E-state index >= 15 is 0 Å². The van der Waals surface area contributed by atoms with Crippen LogP contribution in [-0.4, -0.2) is 30.6 Å². The van der Waals surface area contributed by atoms with Crippen LogP contribution < -0.4 is 5.32 Å². The van der Waals surface area contributed by atoms with Gasteiger partial charge in [-0.2, -0.15) is 4.98 Å². The summed E-state index contributed by atoms with van der Waals surface area (Å²) in [7, 11) is 0. The zero-order chi connectivity index (χ0) is 19.0. The second-order valence-corrected chi connectivity index (χ2v) is 6.39. The lowest BCUT2D eigenvalue weighted by atomic mass is 10.1. The highest BCUT2D eigenvalue weighted by atomic mass is 16.5. The SMILES string of the molecule is Cc1noc(-c2ccn3c(CNC(=O)c4ccc(C)c(C)c4)nnc3c2)n1. The Kier molecular flexibility index (Phi) is 4.15. The third-order valence-corrected chi connectivity index (χ3v) is 4.43. The molecular weight excluding hydrogens is 344 g/mol. The summed E-state index contributed by atoms with van der Waals surface area (Å²) in [6.07, 6.45) is 1.82. The Balaban J connectivity index is 1.52. The Labute approximate surface area is 155 Å². The first-order chi connectivity index (χ1) is 13.0. The summed E-state index contributed by atoms with van der Waals surface area (Å²) in [5, 5.41) is 15.0. The van der Waals surface area contributed by atoms with E-state index in [2.05, 4.69) is 25.7 Å². The predicted octanol–water partition coefficient (Wildman–Crippen LogP) is 2.63. The molecule has 0 fully saturated rings. The molecule has 3 aromatic heterocycles. The number of carbonyl (C=O) groups excluding carboxylic acids is 1. The summed E-state index contributed by atoms with van der Waals surface area (Å²) in [6, 6.07) is 9.30. The maximum Gasteiger partial charge on any atom is 0.258 e. The quantitative estimate of drug-likeness (QED) is 0.599. The van der Waals surface area contributed by atoms with Crippen molar-refractivity contribution >= 4 is 11.6 Å². The van der Waals surface area contributed by atoms with Gasteiger partial charge in [0.25, 0.3) is 11.8 Å². The molecule has 0 saturated carbocycles. The van der Waals surface area contributed by atoms with Crippen LogP contribution >= 0.6 is 0 Å². The van der Waals surface area contributed by atoms with Gasteiger partial charge in [0.15, 0.2) is 17.3 Å². The van der Waals surface area contributed by atoms with Gasteiger partial charge in [-0.25, -0.2) is 0 Å². The summed E-state index contributed by atoms with van der Waals surface area (Å²) < 4.78 is 6.99. The number of nitrogens with zero attached hydrogens (tertiary/aromatic N) is 5. The summed E-state index contributed by atoms with van der Waals surface area (Å²) >= 11 is 0. The molecule has 27 heavy (non-hydrogen) atoms. The average Bonchev–Trinajstić information content (AvgIpc) is 3.27. The Bertz CT molecular complexity index is 1140. The number of hydrogen-bond donors (Lipinski definition) is 1. The van der Waals surface area contributed by atoms with Gasteiger partial charge >= 0.3 is 0 Å². The van der Waals surface area contributed by atoms with Gasteiger partial charge in [0.2, 0.25) is 0 Å². The van der Waals surface area contributed by atoms with Crippen LogP contribution in [-0.2, 0) is 6.54 Å². The standard InChI is InChI=1S/C19H18N6O2/c1-11-4-5-14(8-12(11)2)18(26)20-10-17-23-22-16-9-15(6-7-25(16)17)19-21-13(3)24-27-19/h4-9H,10H2,1-3H3,(H,20,26). The monoisotopic (exact) mass is 362 g/mol. The number of aryl methyl sites for hydroxylation is 3. The minimum atomic E-state index is -0.146. The Morgan fingerprint density at radius 3 is 2.70 bits per heavy atom. The minimum absolute atomic E-state index is 0.146. The lowest BCUT2D eigenvalue weighted by Crippen LogP contribution is -2.24. The van der Waals surface area contributed by atoms with Gasteiger partial charge in [0.1, 0.15) is 0 Å². The van der Waals surface area contributed by atoms with Crippen LogP contribution in [0, 0.1) is 20.8 Å². The van der Waals surface area contributed by atoms with E-state index in [4.69, 9.17) is 4.52 Å². The lowest BCUT2D eigenvalue weighted by molar-refractivity contribution is 0.0949. The summed E-state index contributed by atoms with van der Waals surface area (Å²) in [5.74, 6) is 1.49. The molecule has 0 radical (unpaired) electrons. The highest BCUT2D eigenvalue weighted by Gasteiger charge is 2.12. The zero-order valence-corrected chi connectivity index (χ0v) is 15.2. The highest BCUT2D eigenvalue weighted by molar-refractivity contribution is 5.94. The van der Waals surface area contributed by atoms with E-state index < -0.39 is 0 Å². The molecule has 0 aliphatic carbocycles. The number of benzene rings is 1. The number of carbonyl (C=O) groups is 1. The number of aromatic nitrogens is 5. The van der Waals surface area contributed by atoms with E-state index in [0.717, 1.165) is 16.7 Å². The third-order valence-electron chi connectivity index (χ3n) is 4.43. The first kappa shape index (κ1) is 16.9. The number of rotatable bonds is 4. The molecular formula is C19H18N6O2. The maximum atomic E-state index is 12.4. The van der Waals surface area contributed by atoms with Crippen molar-refractivity contribution in [1.82, 2.24) is 30.1 Å². The van der Waals surface area contributed by atoms with Gasteiger partial charge in [-0.3, -0.25) is 9.20 Å². The van der Waals surface area contributed by atoms with Crippen LogP contribution in [0.25, 0.3) is 17.1 Å². The highest BCUT2D eigenvalue weighted by Crippen LogP contribution is 2.19. The fourth-order valence-electron chi connectivity index (χ4n) is 2.75. The number of hydrogen-bond acceptors (Lipinski definition) is 6. The smallest absolute Gasteiger partial charge is 0.258 e. The molecule has 1 N–H and O–H groups in total. The van der Waals surface area contributed by atoms with E-state index in [-0.39, 0.29) is 12.5 Å². The molecule has 0 atom stereocenters. The maximum absolute atomic E-state index is 12.4. The second kappa shape index (κ2) is 6.64. The molecule has 8 heteroatoms. The summed E-state index contributed by atoms with van der Waals surface area (Å²) in [4.78, 5) is 16.6. The molecule has 0 bridgehead atoms. The molecule has 8 nitrogen and oxygen atoms in total. The second-order valence-electron chi connectivity index (χ2n) is 6.39. The average molecular weight is 362 g/mol. The van der Waals surface area contributed by atoms with Gasteiger partial charge in [-0.1, -0.05) is 11.2 Å². The third kappa shape index (κ3) is 3.29. The molecule has 3 heterocycles. The minimum Gasteiger partial charge on any atom is -0.345 e. The first-order valence-electron chi connectivity index (χ1n) is 8.51. The molecule has 0 spiro atoms. The van der Waals surface area contributed by atoms with E-state index in [1.54, 1.807) is 6.92 Å². The van der Waals surface area contributed by atoms with Gasteiger partial charge < -0.3 is 9.84 Å². The molecule has 0 aliphatic rings. The molecule has 1 amide bonds. The molecule has 136 valence electrons. The molecule has 0 saturated heterocycles. The van der Waals surface area contributed by atoms with Gasteiger partial charge in [0.05, 0.1) is 6.54 Å². The molecule has 1 aromatic carbocycles. The van der Waals surface area contributed by atoms with Crippen molar-refractivity contribution in [1.29, 1.82) is 0 Å². The summed E-state index contributed by atoms with van der Waals surface area (Å²) in [5.41, 5.74) is 4.27. The van der Waals surface area contributed by atoms with E-state index in [1.165, 1.54) is 0 Å². The molecule has 4 aromatic rings. The van der Waals surface area contributed by atoms with Crippen LogP contribution in [0.1, 0.15) is 33.1 Å². The van der Waals surface area contributed by atoms with Crippen molar-refractivity contribution in [2.45, 2.75) is 27.3 Å². The Hall–Kier alpha value is -3.55. The van der Waals surface area contributed by atoms with E-state index in [1.807, 2.05) is 54.8 Å². The number of nitrogens with one attached hydrogen (secondary N) is 1. The number of amides is 1. The normalized spacial score (nSPS) is 11.1. The molecule has 0 unspecified atom stereocenters. The van der Waals surface area contributed by atoms with E-state index in [0.29, 0.717) is 28.8 Å². The fourth-order valence-corrected chi connectivity index (χ4v) is 2.75. The van der Waals surface area contributed by atoms with Crippen molar-refractivity contribution in [2.75, 3.05) is 0 Å². The van der Waals surface area contributed by atoms with Crippen molar-refractivity contribution in [3.8, 4) is 11.5 Å². The van der Waals surface area contributed by atoms with Gasteiger partial charge in [0, 0.05) is 17.3 Å². The number of pyridine rings is 1. The van der Waals surface area contributed by atoms with Crippen molar-refractivity contribution in [3.05, 3.63) is 64.9 Å². The van der Waals surface area contributed by atoms with Crippen LogP contribution in [0.3, 0.4) is 0 Å². The van der Waals surface area contributed by atoms with Crippen LogP contribution in [0.2, 0.25) is 0 Å². The van der Waals surface area contributed by atoms with E-state index in [9.17, 15) is 4.79 Å². The van der Waals surface area contributed by atoms with Gasteiger partial charge in [-0.15, -0.1) is 10.2 Å². The number of fused-ring (bicyclic) bond motifs is 1. The molecule has 0 aliphatic heterocycles. The summed E-state index contributed by atoms with van der Waals surface area (Å²) in [6.45, 7) is 6.04. The van der Waals surface area contributed by atoms with Crippen LogP contribution in [0.5, 0.6) is 0 Å². The largest absolute Gasteiger partial charge is 0.345 e. The van der Waals surface area contributed by atoms with Crippen molar-refractivity contribution in [2.24, 2.45) is 0 Å². The lowest BCUT2D eigenvalue weighted by Gasteiger charge is -2.06. The zero-order valence-electron chi connectivity index (χ0n) is 15.2. The van der Waals surface area contributed by atoms with Crippen LogP contribution in [0.15, 0.2) is 41.1 Å². The topological polar surface area (TPSA) is 98.2 Å². The Morgan fingerprint density at radius 1 is 1.11 bits per heavy atom. The van der Waals surface area contributed by atoms with Gasteiger partial charge in [-0.05, 0) is 56.2 Å².